The number of hydrogen-bond acceptors (Lipinski definition) is 5. The van der Waals surface area contributed by atoms with Crippen LogP contribution in [0, 0.1) is 0 Å². The maximum atomic E-state index is 10.5. The minimum absolute atomic E-state index is 0.0694. The van der Waals surface area contributed by atoms with Gasteiger partial charge in [0.1, 0.15) is 0 Å². The first-order valence-corrected chi connectivity index (χ1v) is 5.94. The van der Waals surface area contributed by atoms with E-state index < -0.39 is 0 Å². The fourth-order valence-electron chi connectivity index (χ4n) is 1.54. The monoisotopic (exact) mass is 248 g/mol. The normalized spacial score (nSPS) is 15.1. The summed E-state index contributed by atoms with van der Waals surface area (Å²) in [6, 6.07) is 0. The fourth-order valence-corrected chi connectivity index (χ4v) is 1.54. The summed E-state index contributed by atoms with van der Waals surface area (Å²) in [5.74, 6) is 0.292. The third kappa shape index (κ3) is 8.09. The van der Waals surface area contributed by atoms with E-state index in [4.69, 9.17) is 15.3 Å². The van der Waals surface area contributed by atoms with Gasteiger partial charge in [-0.05, 0) is 6.42 Å². The van der Waals surface area contributed by atoms with Crippen LogP contribution in [0.2, 0.25) is 0 Å². The Labute approximate surface area is 102 Å². The molecule has 0 saturated carbocycles. The Bertz CT molecular complexity index is 188. The molecular weight excluding hydrogens is 224 g/mol. The highest BCUT2D eigenvalue weighted by Gasteiger charge is 2.14. The van der Waals surface area contributed by atoms with Gasteiger partial charge in [0.25, 0.3) is 0 Å². The summed E-state index contributed by atoms with van der Waals surface area (Å²) in [4.78, 5) is 14.1. The van der Waals surface area contributed by atoms with E-state index in [1.54, 1.807) is 9.80 Å². The zero-order valence-electron chi connectivity index (χ0n) is 10.5. The van der Waals surface area contributed by atoms with Crippen molar-refractivity contribution in [1.82, 2.24) is 9.80 Å². The van der Waals surface area contributed by atoms with Crippen LogP contribution in [0.25, 0.3) is 0 Å². The maximum Gasteiger partial charge on any atom is 0.222 e. The highest BCUT2D eigenvalue weighted by Crippen LogP contribution is 2.04. The first-order chi connectivity index (χ1) is 8.15. The van der Waals surface area contributed by atoms with E-state index in [1.165, 1.54) is 0 Å². The molecule has 0 bridgehead atoms. The molecule has 1 fully saturated rings. The molecular formula is C11H24N2O4. The molecule has 6 nitrogen and oxygen atoms in total. The SMILES string of the molecule is CN1CCCC1=O.OCCN(CCO)CCO. The van der Waals surface area contributed by atoms with E-state index in [9.17, 15) is 4.79 Å². The maximum absolute atomic E-state index is 10.5. The van der Waals surface area contributed by atoms with E-state index >= 15 is 0 Å². The van der Waals surface area contributed by atoms with Crippen molar-refractivity contribution in [3.63, 3.8) is 0 Å². The van der Waals surface area contributed by atoms with Gasteiger partial charge in [-0.1, -0.05) is 0 Å². The predicted octanol–water partition coefficient (Wildman–Crippen LogP) is -1.50. The summed E-state index contributed by atoms with van der Waals surface area (Å²) in [6.07, 6.45) is 1.81. The molecule has 0 aromatic carbocycles. The van der Waals surface area contributed by atoms with E-state index in [-0.39, 0.29) is 19.8 Å². The molecule has 0 aromatic heterocycles. The number of likely N-dealkylation sites (tertiary alicyclic amines) is 1. The number of amides is 1. The summed E-state index contributed by atoms with van der Waals surface area (Å²) in [6.45, 7) is 2.71. The number of aliphatic hydroxyl groups excluding tert-OH is 3. The topological polar surface area (TPSA) is 84.2 Å². The third-order valence-corrected chi connectivity index (χ3v) is 2.56. The number of rotatable bonds is 6. The summed E-state index contributed by atoms with van der Waals surface area (Å²) < 4.78 is 0. The first kappa shape index (κ1) is 16.3. The second-order valence-corrected chi connectivity index (χ2v) is 3.93. The summed E-state index contributed by atoms with van der Waals surface area (Å²) in [5, 5.41) is 25.5. The van der Waals surface area contributed by atoms with Gasteiger partial charge in [0, 0.05) is 39.6 Å². The van der Waals surface area contributed by atoms with Crippen molar-refractivity contribution in [1.29, 1.82) is 0 Å². The van der Waals surface area contributed by atoms with Gasteiger partial charge < -0.3 is 20.2 Å². The molecule has 1 aliphatic rings. The van der Waals surface area contributed by atoms with Gasteiger partial charge in [-0.25, -0.2) is 0 Å². The van der Waals surface area contributed by atoms with E-state index in [2.05, 4.69) is 0 Å². The van der Waals surface area contributed by atoms with Crippen molar-refractivity contribution in [2.45, 2.75) is 12.8 Å². The highest BCUT2D eigenvalue weighted by molar-refractivity contribution is 5.77. The lowest BCUT2D eigenvalue weighted by Crippen LogP contribution is -2.32. The smallest absolute Gasteiger partial charge is 0.222 e. The summed E-state index contributed by atoms with van der Waals surface area (Å²) in [7, 11) is 1.84. The van der Waals surface area contributed by atoms with Crippen LogP contribution in [0.4, 0.5) is 0 Å². The molecule has 0 radical (unpaired) electrons. The van der Waals surface area contributed by atoms with Crippen molar-refractivity contribution in [3.05, 3.63) is 0 Å². The summed E-state index contributed by atoms with van der Waals surface area (Å²) in [5.41, 5.74) is 0. The van der Waals surface area contributed by atoms with Crippen LogP contribution in [0.1, 0.15) is 12.8 Å². The second-order valence-electron chi connectivity index (χ2n) is 3.93. The largest absolute Gasteiger partial charge is 0.395 e. The lowest BCUT2D eigenvalue weighted by Gasteiger charge is -2.17. The predicted molar refractivity (Wildman–Crippen MR) is 64.6 cm³/mol. The first-order valence-electron chi connectivity index (χ1n) is 5.94. The second kappa shape index (κ2) is 10.5. The van der Waals surface area contributed by atoms with Crippen molar-refractivity contribution in [3.8, 4) is 0 Å². The number of hydrogen-bond donors (Lipinski definition) is 3. The Kier molecular flexibility index (Phi) is 10.0. The van der Waals surface area contributed by atoms with Crippen LogP contribution in [0.15, 0.2) is 0 Å². The zero-order valence-corrected chi connectivity index (χ0v) is 10.5. The van der Waals surface area contributed by atoms with E-state index in [1.807, 2.05) is 7.05 Å². The van der Waals surface area contributed by atoms with Crippen LogP contribution in [-0.2, 0) is 4.79 Å². The number of carbonyl (C=O) groups excluding carboxylic acids is 1. The van der Waals surface area contributed by atoms with Gasteiger partial charge in [-0.3, -0.25) is 9.69 Å². The Morgan fingerprint density at radius 1 is 1.12 bits per heavy atom. The lowest BCUT2D eigenvalue weighted by molar-refractivity contribution is -0.126. The van der Waals surface area contributed by atoms with E-state index in [0.717, 1.165) is 19.4 Å². The highest BCUT2D eigenvalue weighted by atomic mass is 16.3. The van der Waals surface area contributed by atoms with E-state index in [0.29, 0.717) is 25.5 Å². The van der Waals surface area contributed by atoms with Gasteiger partial charge in [0.2, 0.25) is 5.91 Å². The van der Waals surface area contributed by atoms with Gasteiger partial charge in [-0.2, -0.15) is 0 Å². The molecule has 0 aromatic rings. The molecule has 102 valence electrons. The van der Waals surface area contributed by atoms with Crippen molar-refractivity contribution in [2.24, 2.45) is 0 Å². The molecule has 0 unspecified atom stereocenters. The van der Waals surface area contributed by atoms with Gasteiger partial charge >= 0.3 is 0 Å². The average molecular weight is 248 g/mol. The molecule has 1 saturated heterocycles. The van der Waals surface area contributed by atoms with Gasteiger partial charge in [0.15, 0.2) is 0 Å². The van der Waals surface area contributed by atoms with Crippen molar-refractivity contribution < 1.29 is 20.1 Å². The lowest BCUT2D eigenvalue weighted by atomic mass is 10.4. The average Bonchev–Trinajstić information content (AvgIpc) is 2.65. The molecule has 6 heteroatoms. The molecule has 1 amide bonds. The van der Waals surface area contributed by atoms with Crippen molar-refractivity contribution >= 4 is 5.91 Å². The standard InChI is InChI=1S/C6H15NO3.C5H9NO/c8-4-1-7(2-5-9)3-6-10;1-6-4-2-3-5(6)7/h8-10H,1-6H2;2-4H2,1H3. The minimum Gasteiger partial charge on any atom is -0.395 e. The quantitative estimate of drug-likeness (QED) is 0.533. The van der Waals surface area contributed by atoms with Crippen molar-refractivity contribution in [2.75, 3.05) is 53.0 Å². The molecule has 1 aliphatic heterocycles. The van der Waals surface area contributed by atoms with Gasteiger partial charge in [0.05, 0.1) is 19.8 Å². The number of nitrogens with zero attached hydrogens (tertiary/aromatic N) is 2. The molecule has 0 spiro atoms. The molecule has 1 rings (SSSR count). The summed E-state index contributed by atoms with van der Waals surface area (Å²) >= 11 is 0. The van der Waals surface area contributed by atoms with Crippen LogP contribution in [0.5, 0.6) is 0 Å². The molecule has 3 N–H and O–H groups in total. The minimum atomic E-state index is 0.0694. The number of carbonyl (C=O) groups is 1. The molecule has 0 atom stereocenters. The zero-order chi connectivity index (χ0) is 13.1. The Morgan fingerprint density at radius 2 is 1.59 bits per heavy atom. The Balaban J connectivity index is 0.000000318. The van der Waals surface area contributed by atoms with Gasteiger partial charge in [-0.15, -0.1) is 0 Å². The fraction of sp³-hybridized carbons (Fsp3) is 0.909. The Hall–Kier alpha value is -0.690. The molecule has 1 heterocycles. The molecule has 0 aliphatic carbocycles. The molecule has 17 heavy (non-hydrogen) atoms. The van der Waals surface area contributed by atoms with Crippen LogP contribution >= 0.6 is 0 Å². The van der Waals surface area contributed by atoms with Crippen LogP contribution in [-0.4, -0.2) is 84.1 Å². The van der Waals surface area contributed by atoms with Crippen LogP contribution < -0.4 is 0 Å². The van der Waals surface area contributed by atoms with Crippen LogP contribution in [0.3, 0.4) is 0 Å². The number of aliphatic hydroxyl groups is 3. The Morgan fingerprint density at radius 3 is 1.76 bits per heavy atom. The third-order valence-electron chi connectivity index (χ3n) is 2.56.